The number of nitrogens with zero attached hydrogens (tertiary/aromatic N) is 4. The molecule has 0 bridgehead atoms. The summed E-state index contributed by atoms with van der Waals surface area (Å²) in [6.45, 7) is 10.8. The highest BCUT2D eigenvalue weighted by molar-refractivity contribution is 6.02. The highest BCUT2D eigenvalue weighted by Crippen LogP contribution is 2.62. The van der Waals surface area contributed by atoms with E-state index in [-0.39, 0.29) is 5.91 Å². The van der Waals surface area contributed by atoms with Gasteiger partial charge in [-0.3, -0.25) is 9.36 Å². The van der Waals surface area contributed by atoms with Crippen LogP contribution in [0, 0.1) is 31.1 Å². The summed E-state index contributed by atoms with van der Waals surface area (Å²) in [5, 5.41) is 11.3. The Morgan fingerprint density at radius 3 is 2.48 bits per heavy atom. The van der Waals surface area contributed by atoms with E-state index in [9.17, 15) is 4.79 Å². The third-order valence-electron chi connectivity index (χ3n) is 6.22. The third-order valence-corrected chi connectivity index (χ3v) is 6.22. The molecular formula is C19H25N5O. The summed E-state index contributed by atoms with van der Waals surface area (Å²) in [7, 11) is 1.86. The van der Waals surface area contributed by atoms with Crippen LogP contribution in [0.25, 0.3) is 0 Å². The molecule has 132 valence electrons. The van der Waals surface area contributed by atoms with Gasteiger partial charge in [0.2, 0.25) is 11.8 Å². The van der Waals surface area contributed by atoms with Crippen LogP contribution in [0.2, 0.25) is 0 Å². The van der Waals surface area contributed by atoms with Crippen molar-refractivity contribution in [1.82, 2.24) is 14.8 Å². The second kappa shape index (κ2) is 5.31. The predicted octanol–water partition coefficient (Wildman–Crippen LogP) is 2.78. The number of aromatic nitrogens is 3. The van der Waals surface area contributed by atoms with Gasteiger partial charge in [-0.15, -0.1) is 10.2 Å². The van der Waals surface area contributed by atoms with Gasteiger partial charge in [0, 0.05) is 25.8 Å². The van der Waals surface area contributed by atoms with Gasteiger partial charge in [-0.05, 0) is 54.4 Å². The maximum absolute atomic E-state index is 12.6. The summed E-state index contributed by atoms with van der Waals surface area (Å²) in [5.74, 6) is 2.37. The van der Waals surface area contributed by atoms with E-state index >= 15 is 0 Å². The second-order valence-corrected chi connectivity index (χ2v) is 8.08. The molecule has 1 N–H and O–H groups in total. The minimum atomic E-state index is -0.228. The number of fused-ring (bicyclic) bond motifs is 1. The zero-order chi connectivity index (χ0) is 17.9. The topological polar surface area (TPSA) is 63.1 Å². The fraction of sp³-hybridized carbons (Fsp3) is 0.526. The highest BCUT2D eigenvalue weighted by atomic mass is 16.2. The summed E-state index contributed by atoms with van der Waals surface area (Å²) >= 11 is 0. The molecule has 2 unspecified atom stereocenters. The average molecular weight is 339 g/mol. The first kappa shape index (κ1) is 16.1. The van der Waals surface area contributed by atoms with Crippen molar-refractivity contribution in [2.24, 2.45) is 24.3 Å². The molecule has 2 heterocycles. The van der Waals surface area contributed by atoms with E-state index in [0.29, 0.717) is 11.2 Å². The van der Waals surface area contributed by atoms with Crippen molar-refractivity contribution in [3.8, 4) is 0 Å². The van der Waals surface area contributed by atoms with Gasteiger partial charge in [0.05, 0.1) is 0 Å². The molecule has 4 rings (SSSR count). The Morgan fingerprint density at radius 2 is 1.84 bits per heavy atom. The summed E-state index contributed by atoms with van der Waals surface area (Å²) in [4.78, 5) is 14.8. The number of hydrogen-bond acceptors (Lipinski definition) is 4. The third kappa shape index (κ3) is 2.51. The Hall–Kier alpha value is -2.37. The summed E-state index contributed by atoms with van der Waals surface area (Å²) in [6, 6.07) is 5.89. The van der Waals surface area contributed by atoms with Crippen molar-refractivity contribution >= 4 is 17.5 Å². The summed E-state index contributed by atoms with van der Waals surface area (Å²) < 4.78 is 1.80. The molecule has 1 aliphatic heterocycles. The van der Waals surface area contributed by atoms with Crippen LogP contribution in [-0.4, -0.2) is 33.8 Å². The maximum Gasteiger partial charge on any atom is 0.293 e. The van der Waals surface area contributed by atoms with E-state index in [4.69, 9.17) is 0 Å². The number of aryl methyl sites for hydroxylation is 2. The number of benzene rings is 1. The molecule has 1 saturated heterocycles. The Bertz CT molecular complexity index is 839. The van der Waals surface area contributed by atoms with Crippen LogP contribution in [0.4, 0.5) is 11.6 Å². The lowest BCUT2D eigenvalue weighted by Gasteiger charge is -2.22. The fourth-order valence-corrected chi connectivity index (χ4v) is 4.10. The minimum Gasteiger partial charge on any atom is -0.340 e. The van der Waals surface area contributed by atoms with E-state index in [1.54, 1.807) is 4.57 Å². The van der Waals surface area contributed by atoms with Crippen molar-refractivity contribution < 1.29 is 4.79 Å². The van der Waals surface area contributed by atoms with Gasteiger partial charge in [-0.1, -0.05) is 19.9 Å². The number of anilines is 2. The fourth-order valence-electron chi connectivity index (χ4n) is 4.10. The first-order chi connectivity index (χ1) is 11.8. The Morgan fingerprint density at radius 1 is 1.16 bits per heavy atom. The molecular weight excluding hydrogens is 314 g/mol. The predicted molar refractivity (Wildman–Crippen MR) is 97.8 cm³/mol. The van der Waals surface area contributed by atoms with E-state index in [2.05, 4.69) is 41.2 Å². The molecule has 2 aliphatic rings. The SMILES string of the molecule is Cc1ccc(NC(=O)c2nnc(N3CC4C(C3)C4(C)C)n2C)cc1C. The van der Waals surface area contributed by atoms with Gasteiger partial charge in [0.25, 0.3) is 5.91 Å². The summed E-state index contributed by atoms with van der Waals surface area (Å²) in [5.41, 5.74) is 3.59. The first-order valence-corrected chi connectivity index (χ1v) is 8.82. The minimum absolute atomic E-state index is 0.228. The van der Waals surface area contributed by atoms with Crippen LogP contribution in [0.15, 0.2) is 18.2 Å². The maximum atomic E-state index is 12.6. The Kier molecular flexibility index (Phi) is 3.42. The normalized spacial score (nSPS) is 23.5. The molecule has 25 heavy (non-hydrogen) atoms. The molecule has 1 amide bonds. The van der Waals surface area contributed by atoms with E-state index in [0.717, 1.165) is 42.1 Å². The number of piperidine rings is 1. The van der Waals surface area contributed by atoms with Gasteiger partial charge in [0.15, 0.2) is 0 Å². The van der Waals surface area contributed by atoms with Gasteiger partial charge < -0.3 is 10.2 Å². The number of amides is 1. The van der Waals surface area contributed by atoms with Gasteiger partial charge >= 0.3 is 0 Å². The van der Waals surface area contributed by atoms with Crippen LogP contribution in [-0.2, 0) is 7.05 Å². The van der Waals surface area contributed by atoms with Crippen molar-refractivity contribution in [2.75, 3.05) is 23.3 Å². The molecule has 1 aromatic carbocycles. The zero-order valence-electron chi connectivity index (χ0n) is 15.5. The molecule has 0 radical (unpaired) electrons. The van der Waals surface area contributed by atoms with Crippen LogP contribution >= 0.6 is 0 Å². The first-order valence-electron chi connectivity index (χ1n) is 8.82. The number of carbonyl (C=O) groups excluding carboxylic acids is 1. The second-order valence-electron chi connectivity index (χ2n) is 8.08. The lowest BCUT2D eigenvalue weighted by molar-refractivity contribution is 0.101. The Balaban J connectivity index is 1.49. The zero-order valence-corrected chi connectivity index (χ0v) is 15.5. The monoisotopic (exact) mass is 339 g/mol. The number of carbonyl (C=O) groups is 1. The molecule has 2 atom stereocenters. The van der Waals surface area contributed by atoms with Crippen LogP contribution in [0.3, 0.4) is 0 Å². The van der Waals surface area contributed by atoms with Gasteiger partial charge in [-0.2, -0.15) is 0 Å². The molecule has 1 aromatic heterocycles. The highest BCUT2D eigenvalue weighted by Gasteiger charge is 2.62. The van der Waals surface area contributed by atoms with Crippen molar-refractivity contribution in [3.05, 3.63) is 35.2 Å². The van der Waals surface area contributed by atoms with Crippen molar-refractivity contribution in [2.45, 2.75) is 27.7 Å². The van der Waals surface area contributed by atoms with Crippen molar-refractivity contribution in [1.29, 1.82) is 0 Å². The lowest BCUT2D eigenvalue weighted by atomic mass is 10.1. The number of rotatable bonds is 3. The summed E-state index contributed by atoms with van der Waals surface area (Å²) in [6.07, 6.45) is 0. The molecule has 1 aliphatic carbocycles. The lowest BCUT2D eigenvalue weighted by Crippen LogP contribution is -2.29. The molecule has 2 aromatic rings. The van der Waals surface area contributed by atoms with Gasteiger partial charge in [-0.25, -0.2) is 0 Å². The molecule has 2 fully saturated rings. The smallest absolute Gasteiger partial charge is 0.293 e. The number of nitrogens with one attached hydrogen (secondary N) is 1. The van der Waals surface area contributed by atoms with Gasteiger partial charge in [0.1, 0.15) is 0 Å². The molecule has 1 saturated carbocycles. The number of hydrogen-bond donors (Lipinski definition) is 1. The van der Waals surface area contributed by atoms with E-state index < -0.39 is 0 Å². The Labute approximate surface area is 148 Å². The van der Waals surface area contributed by atoms with Crippen molar-refractivity contribution in [3.63, 3.8) is 0 Å². The van der Waals surface area contributed by atoms with E-state index in [1.807, 2.05) is 32.2 Å². The largest absolute Gasteiger partial charge is 0.340 e. The molecule has 0 spiro atoms. The average Bonchev–Trinajstić information content (AvgIpc) is 2.96. The molecule has 6 nitrogen and oxygen atoms in total. The molecule has 6 heteroatoms. The van der Waals surface area contributed by atoms with E-state index in [1.165, 1.54) is 5.56 Å². The standard InChI is InChI=1S/C19H25N5O/c1-11-6-7-13(8-12(11)2)20-17(25)16-21-22-18(23(16)5)24-9-14-15(10-24)19(14,3)4/h6-8,14-15H,9-10H2,1-5H3,(H,20,25). The van der Waals surface area contributed by atoms with Crippen LogP contribution < -0.4 is 10.2 Å². The quantitative estimate of drug-likeness (QED) is 0.934. The van der Waals surface area contributed by atoms with Crippen LogP contribution in [0.1, 0.15) is 35.6 Å². The van der Waals surface area contributed by atoms with Crippen LogP contribution in [0.5, 0.6) is 0 Å².